The largest absolute Gasteiger partial charge is 0.494 e. The molecule has 0 aromatic heterocycles. The minimum absolute atomic E-state index is 0.0173. The molecule has 0 spiro atoms. The van der Waals surface area contributed by atoms with E-state index in [1.54, 1.807) is 24.1 Å². The van der Waals surface area contributed by atoms with E-state index in [2.05, 4.69) is 5.32 Å². The second-order valence-electron chi connectivity index (χ2n) is 5.80. The van der Waals surface area contributed by atoms with E-state index >= 15 is 0 Å². The number of aryl methyl sites for hydroxylation is 1. The molecule has 1 heterocycles. The number of hydrogen-bond donors (Lipinski definition) is 1. The number of benzene rings is 1. The Labute approximate surface area is 141 Å². The molecule has 132 valence electrons. The zero-order valence-electron chi connectivity index (χ0n) is 14.2. The van der Waals surface area contributed by atoms with Crippen molar-refractivity contribution in [2.45, 2.75) is 12.8 Å². The first-order valence-corrected chi connectivity index (χ1v) is 8.06. The van der Waals surface area contributed by atoms with Gasteiger partial charge in [0.1, 0.15) is 0 Å². The summed E-state index contributed by atoms with van der Waals surface area (Å²) in [5, 5.41) is 2.60. The molecule has 0 atom stereocenters. The Hall–Kier alpha value is -2.15. The van der Waals surface area contributed by atoms with E-state index in [1.807, 2.05) is 4.90 Å². The van der Waals surface area contributed by atoms with Crippen LogP contribution in [0.3, 0.4) is 0 Å². The first-order valence-electron chi connectivity index (χ1n) is 8.06. The predicted molar refractivity (Wildman–Crippen MR) is 88.4 cm³/mol. The Morgan fingerprint density at radius 2 is 1.96 bits per heavy atom. The maximum Gasteiger partial charge on any atom is 0.233 e. The van der Waals surface area contributed by atoms with Gasteiger partial charge in [-0.15, -0.1) is 0 Å². The summed E-state index contributed by atoms with van der Waals surface area (Å²) >= 11 is 0. The van der Waals surface area contributed by atoms with Crippen LogP contribution < -0.4 is 10.1 Å². The summed E-state index contributed by atoms with van der Waals surface area (Å²) < 4.78 is 18.5. The van der Waals surface area contributed by atoms with Crippen LogP contribution >= 0.6 is 0 Å². The highest BCUT2D eigenvalue weighted by molar-refractivity contribution is 5.78. The number of amides is 2. The van der Waals surface area contributed by atoms with Gasteiger partial charge in [-0.3, -0.25) is 14.5 Å². The lowest BCUT2D eigenvalue weighted by atomic mass is 10.1. The number of carbonyl (C=O) groups is 2. The zero-order chi connectivity index (χ0) is 17.5. The molecule has 7 heteroatoms. The molecule has 0 unspecified atom stereocenters. The first-order chi connectivity index (χ1) is 11.5. The zero-order valence-corrected chi connectivity index (χ0v) is 14.2. The number of rotatable bonds is 6. The van der Waals surface area contributed by atoms with Gasteiger partial charge >= 0.3 is 0 Å². The van der Waals surface area contributed by atoms with E-state index in [0.29, 0.717) is 45.6 Å². The quantitative estimate of drug-likeness (QED) is 0.828. The molecule has 2 rings (SSSR count). The summed E-state index contributed by atoms with van der Waals surface area (Å²) in [7, 11) is 3.04. The number of nitrogens with one attached hydrogen (secondary N) is 1. The monoisotopic (exact) mass is 337 g/mol. The van der Waals surface area contributed by atoms with Crippen molar-refractivity contribution in [3.63, 3.8) is 0 Å². The molecule has 2 amide bonds. The number of likely N-dealkylation sites (N-methyl/N-ethyl adjacent to an activating group) is 1. The number of halogens is 1. The summed E-state index contributed by atoms with van der Waals surface area (Å²) in [6, 6.07) is 4.76. The summed E-state index contributed by atoms with van der Waals surface area (Å²) in [6.45, 7) is 2.98. The Bertz CT molecular complexity index is 586. The van der Waals surface area contributed by atoms with E-state index in [-0.39, 0.29) is 17.6 Å². The van der Waals surface area contributed by atoms with Crippen molar-refractivity contribution in [3.05, 3.63) is 29.6 Å². The molecular weight excluding hydrogens is 313 g/mol. The van der Waals surface area contributed by atoms with Crippen molar-refractivity contribution < 1.29 is 18.7 Å². The topological polar surface area (TPSA) is 61.9 Å². The van der Waals surface area contributed by atoms with Crippen LogP contribution in [0.1, 0.15) is 12.0 Å². The molecule has 0 aliphatic carbocycles. The van der Waals surface area contributed by atoms with Gasteiger partial charge in [-0.2, -0.15) is 0 Å². The van der Waals surface area contributed by atoms with Gasteiger partial charge in [0.15, 0.2) is 11.6 Å². The number of carbonyl (C=O) groups excluding carboxylic acids is 2. The van der Waals surface area contributed by atoms with Crippen LogP contribution in [0.5, 0.6) is 5.75 Å². The normalized spacial score (nSPS) is 15.2. The van der Waals surface area contributed by atoms with E-state index in [4.69, 9.17) is 4.74 Å². The first kappa shape index (κ1) is 18.2. The summed E-state index contributed by atoms with van der Waals surface area (Å²) in [5.41, 5.74) is 0.778. The van der Waals surface area contributed by atoms with Crippen LogP contribution in [-0.4, -0.2) is 68.5 Å². The molecule has 1 fully saturated rings. The number of hydrogen-bond acceptors (Lipinski definition) is 4. The van der Waals surface area contributed by atoms with Crippen LogP contribution in [0.25, 0.3) is 0 Å². The standard InChI is InChI=1S/C17H24FN3O3/c1-19-16(22)12-20-7-9-21(10-8-20)17(23)6-4-13-3-5-15(24-2)14(18)11-13/h3,5,11H,4,6-10,12H2,1-2H3,(H,19,22). The van der Waals surface area contributed by atoms with E-state index < -0.39 is 5.82 Å². The summed E-state index contributed by atoms with van der Waals surface area (Å²) in [4.78, 5) is 27.5. The maximum absolute atomic E-state index is 13.6. The SMILES string of the molecule is CNC(=O)CN1CCN(C(=O)CCc2ccc(OC)c(F)c2)CC1. The lowest BCUT2D eigenvalue weighted by Crippen LogP contribution is -2.50. The highest BCUT2D eigenvalue weighted by atomic mass is 19.1. The summed E-state index contributed by atoms with van der Waals surface area (Å²) in [5.74, 6) is -0.162. The second-order valence-corrected chi connectivity index (χ2v) is 5.80. The van der Waals surface area contributed by atoms with Gasteiger partial charge in [0.2, 0.25) is 11.8 Å². The lowest BCUT2D eigenvalue weighted by Gasteiger charge is -2.34. The van der Waals surface area contributed by atoms with Crippen LogP contribution in [-0.2, 0) is 16.0 Å². The van der Waals surface area contributed by atoms with Crippen LogP contribution in [0.4, 0.5) is 4.39 Å². The van der Waals surface area contributed by atoms with Crippen LogP contribution in [0.2, 0.25) is 0 Å². The summed E-state index contributed by atoms with van der Waals surface area (Å²) in [6.07, 6.45) is 0.847. The van der Waals surface area contributed by atoms with Crippen molar-refractivity contribution in [1.29, 1.82) is 0 Å². The number of piperazine rings is 1. The average Bonchev–Trinajstić information content (AvgIpc) is 2.60. The molecule has 1 aliphatic rings. The highest BCUT2D eigenvalue weighted by Gasteiger charge is 2.21. The molecule has 24 heavy (non-hydrogen) atoms. The predicted octanol–water partition coefficient (Wildman–Crippen LogP) is 0.657. The molecule has 0 radical (unpaired) electrons. The van der Waals surface area contributed by atoms with Crippen LogP contribution in [0, 0.1) is 5.82 Å². The third-order valence-corrected chi connectivity index (χ3v) is 4.21. The Balaban J connectivity index is 1.77. The number of methoxy groups -OCH3 is 1. The third-order valence-electron chi connectivity index (χ3n) is 4.21. The minimum atomic E-state index is -0.412. The van der Waals surface area contributed by atoms with Crippen molar-refractivity contribution >= 4 is 11.8 Å². The number of nitrogens with zero attached hydrogens (tertiary/aromatic N) is 2. The molecule has 1 N–H and O–H groups in total. The van der Waals surface area contributed by atoms with Crippen molar-refractivity contribution in [1.82, 2.24) is 15.1 Å². The third kappa shape index (κ3) is 4.92. The average molecular weight is 337 g/mol. The molecule has 1 aromatic carbocycles. The van der Waals surface area contributed by atoms with Gasteiger partial charge in [0, 0.05) is 39.6 Å². The molecule has 1 aromatic rings. The highest BCUT2D eigenvalue weighted by Crippen LogP contribution is 2.18. The molecule has 1 saturated heterocycles. The molecule has 6 nitrogen and oxygen atoms in total. The van der Waals surface area contributed by atoms with Gasteiger partial charge in [0.05, 0.1) is 13.7 Å². The lowest BCUT2D eigenvalue weighted by molar-refractivity contribution is -0.133. The molecule has 0 saturated carbocycles. The van der Waals surface area contributed by atoms with Gasteiger partial charge in [-0.25, -0.2) is 4.39 Å². The van der Waals surface area contributed by atoms with E-state index in [1.165, 1.54) is 13.2 Å². The van der Waals surface area contributed by atoms with E-state index in [0.717, 1.165) is 5.56 Å². The minimum Gasteiger partial charge on any atom is -0.494 e. The van der Waals surface area contributed by atoms with Gasteiger partial charge < -0.3 is 15.0 Å². The fraction of sp³-hybridized carbons (Fsp3) is 0.529. The van der Waals surface area contributed by atoms with Crippen molar-refractivity contribution in [2.75, 3.05) is 46.9 Å². The molecule has 1 aliphatic heterocycles. The fourth-order valence-corrected chi connectivity index (χ4v) is 2.71. The molecular formula is C17H24FN3O3. The van der Waals surface area contributed by atoms with Gasteiger partial charge in [-0.05, 0) is 24.1 Å². The Morgan fingerprint density at radius 3 is 2.54 bits per heavy atom. The maximum atomic E-state index is 13.6. The van der Waals surface area contributed by atoms with Gasteiger partial charge in [-0.1, -0.05) is 6.07 Å². The fourth-order valence-electron chi connectivity index (χ4n) is 2.71. The second kappa shape index (κ2) is 8.63. The number of ether oxygens (including phenoxy) is 1. The smallest absolute Gasteiger partial charge is 0.233 e. The van der Waals surface area contributed by atoms with Gasteiger partial charge in [0.25, 0.3) is 0 Å². The van der Waals surface area contributed by atoms with E-state index in [9.17, 15) is 14.0 Å². The van der Waals surface area contributed by atoms with Crippen molar-refractivity contribution in [3.8, 4) is 5.75 Å². The Morgan fingerprint density at radius 1 is 1.25 bits per heavy atom. The Kier molecular flexibility index (Phi) is 6.54. The van der Waals surface area contributed by atoms with Crippen LogP contribution in [0.15, 0.2) is 18.2 Å². The van der Waals surface area contributed by atoms with Crippen molar-refractivity contribution in [2.24, 2.45) is 0 Å². The molecule has 0 bridgehead atoms.